The topological polar surface area (TPSA) is 57.7 Å². The van der Waals surface area contributed by atoms with Crippen molar-refractivity contribution in [3.8, 4) is 0 Å². The molecule has 1 saturated carbocycles. The summed E-state index contributed by atoms with van der Waals surface area (Å²) in [5.41, 5.74) is 2.69. The number of nitrogens with zero attached hydrogens (tertiary/aromatic N) is 2. The lowest BCUT2D eigenvalue weighted by atomic mass is 9.94. The molecule has 1 heterocycles. The van der Waals surface area contributed by atoms with E-state index in [9.17, 15) is 13.2 Å². The molecule has 1 aliphatic carbocycles. The largest absolute Gasteiger partial charge is 0.339 e. The number of amides is 1. The van der Waals surface area contributed by atoms with Crippen LogP contribution in [0.2, 0.25) is 0 Å². The second kappa shape index (κ2) is 8.28. The van der Waals surface area contributed by atoms with Crippen molar-refractivity contribution in [2.24, 2.45) is 0 Å². The highest BCUT2D eigenvalue weighted by atomic mass is 32.2. The van der Waals surface area contributed by atoms with Crippen molar-refractivity contribution >= 4 is 15.9 Å². The van der Waals surface area contributed by atoms with Gasteiger partial charge in [-0.1, -0.05) is 49.6 Å². The van der Waals surface area contributed by atoms with Crippen molar-refractivity contribution in [1.82, 2.24) is 9.21 Å². The van der Waals surface area contributed by atoms with Crippen LogP contribution in [0.3, 0.4) is 0 Å². The molecule has 0 atom stereocenters. The number of carbonyl (C=O) groups is 1. The highest BCUT2D eigenvalue weighted by Crippen LogP contribution is 2.27. The van der Waals surface area contributed by atoms with Gasteiger partial charge in [0.25, 0.3) is 5.91 Å². The average molecular weight is 413 g/mol. The number of sulfonamides is 1. The van der Waals surface area contributed by atoms with Crippen LogP contribution in [0, 0.1) is 0 Å². The standard InChI is InChI=1S/C23H28N2O3S/c1-24(21-11-3-2-4-12-21)23(26)19-10-7-13-22(16-19)29(27,28)25-15-14-18-8-5-6-9-20(18)17-25/h5-10,13,16,21H,2-4,11-12,14-15,17H2,1H3. The zero-order valence-corrected chi connectivity index (χ0v) is 17.7. The first-order valence-electron chi connectivity index (χ1n) is 10.4. The molecular formula is C23H28N2O3S. The van der Waals surface area contributed by atoms with Crippen molar-refractivity contribution in [3.05, 3.63) is 65.2 Å². The second-order valence-corrected chi connectivity index (χ2v) is 10.0. The van der Waals surface area contributed by atoms with E-state index in [1.807, 2.05) is 25.2 Å². The Balaban J connectivity index is 1.55. The van der Waals surface area contributed by atoms with Crippen LogP contribution in [0.1, 0.15) is 53.6 Å². The Hall–Kier alpha value is -2.18. The number of carbonyl (C=O) groups excluding carboxylic acids is 1. The van der Waals surface area contributed by atoms with Crippen LogP contribution in [-0.4, -0.2) is 43.2 Å². The third-order valence-electron chi connectivity index (χ3n) is 6.26. The Kier molecular flexibility index (Phi) is 5.74. The van der Waals surface area contributed by atoms with E-state index in [2.05, 4.69) is 6.07 Å². The van der Waals surface area contributed by atoms with Gasteiger partial charge in [0.15, 0.2) is 0 Å². The molecule has 2 aromatic rings. The van der Waals surface area contributed by atoms with Crippen LogP contribution in [-0.2, 0) is 23.0 Å². The number of benzene rings is 2. The lowest BCUT2D eigenvalue weighted by Gasteiger charge is -2.31. The minimum atomic E-state index is -3.65. The molecule has 1 fully saturated rings. The van der Waals surface area contributed by atoms with Crippen molar-refractivity contribution < 1.29 is 13.2 Å². The maximum Gasteiger partial charge on any atom is 0.253 e. The molecule has 4 rings (SSSR count). The zero-order chi connectivity index (χ0) is 20.4. The van der Waals surface area contributed by atoms with Crippen molar-refractivity contribution in [3.63, 3.8) is 0 Å². The molecule has 1 amide bonds. The molecule has 29 heavy (non-hydrogen) atoms. The third kappa shape index (κ3) is 4.09. The normalized spacial score (nSPS) is 18.2. The minimum absolute atomic E-state index is 0.0991. The average Bonchev–Trinajstić information content (AvgIpc) is 2.78. The molecule has 154 valence electrons. The van der Waals surface area contributed by atoms with E-state index < -0.39 is 10.0 Å². The van der Waals surface area contributed by atoms with E-state index in [1.54, 1.807) is 23.1 Å². The SMILES string of the molecule is CN(C(=O)c1cccc(S(=O)(=O)N2CCc3ccccc3C2)c1)C1CCCCC1. The van der Waals surface area contributed by atoms with Gasteiger partial charge < -0.3 is 4.90 Å². The maximum atomic E-state index is 13.2. The molecule has 0 unspecified atom stereocenters. The molecular weight excluding hydrogens is 384 g/mol. The number of fused-ring (bicyclic) bond motifs is 1. The van der Waals surface area contributed by atoms with Crippen LogP contribution in [0.25, 0.3) is 0 Å². The van der Waals surface area contributed by atoms with Gasteiger partial charge in [-0.15, -0.1) is 0 Å². The summed E-state index contributed by atoms with van der Waals surface area (Å²) in [6, 6.07) is 14.7. The molecule has 0 spiro atoms. The fraction of sp³-hybridized carbons (Fsp3) is 0.435. The van der Waals surface area contributed by atoms with E-state index >= 15 is 0 Å². The summed E-state index contributed by atoms with van der Waals surface area (Å²) in [6.07, 6.45) is 6.27. The molecule has 0 N–H and O–H groups in total. The van der Waals surface area contributed by atoms with Gasteiger partial charge in [-0.05, 0) is 48.6 Å². The number of rotatable bonds is 4. The van der Waals surface area contributed by atoms with Gasteiger partial charge in [0.05, 0.1) is 4.90 Å². The summed E-state index contributed by atoms with van der Waals surface area (Å²) in [5.74, 6) is -0.0991. The highest BCUT2D eigenvalue weighted by molar-refractivity contribution is 7.89. The van der Waals surface area contributed by atoms with E-state index in [0.717, 1.165) is 31.2 Å². The van der Waals surface area contributed by atoms with E-state index in [-0.39, 0.29) is 16.8 Å². The predicted octanol–water partition coefficient (Wildman–Crippen LogP) is 3.84. The van der Waals surface area contributed by atoms with Crippen LogP contribution in [0.15, 0.2) is 53.4 Å². The Morgan fingerprint density at radius 1 is 1.00 bits per heavy atom. The highest BCUT2D eigenvalue weighted by Gasteiger charge is 2.29. The monoisotopic (exact) mass is 412 g/mol. The summed E-state index contributed by atoms with van der Waals surface area (Å²) in [6.45, 7) is 0.832. The molecule has 0 aromatic heterocycles. The van der Waals surface area contributed by atoms with Gasteiger partial charge in [0, 0.05) is 31.7 Å². The summed E-state index contributed by atoms with van der Waals surface area (Å²) in [7, 11) is -1.81. The minimum Gasteiger partial charge on any atom is -0.339 e. The molecule has 6 heteroatoms. The predicted molar refractivity (Wildman–Crippen MR) is 113 cm³/mol. The first-order chi connectivity index (χ1) is 14.0. The van der Waals surface area contributed by atoms with Crippen molar-refractivity contribution in [2.45, 2.75) is 56.0 Å². The molecule has 2 aromatic carbocycles. The first-order valence-corrected chi connectivity index (χ1v) is 11.8. The van der Waals surface area contributed by atoms with Gasteiger partial charge in [-0.25, -0.2) is 8.42 Å². The van der Waals surface area contributed by atoms with Crippen LogP contribution in [0.4, 0.5) is 0 Å². The lowest BCUT2D eigenvalue weighted by molar-refractivity contribution is 0.0696. The quantitative estimate of drug-likeness (QED) is 0.767. The fourth-order valence-corrected chi connectivity index (χ4v) is 5.92. The molecule has 0 saturated heterocycles. The number of hydrogen-bond donors (Lipinski definition) is 0. The molecule has 2 aliphatic rings. The van der Waals surface area contributed by atoms with E-state index in [0.29, 0.717) is 25.1 Å². The maximum absolute atomic E-state index is 13.2. The summed E-state index contributed by atoms with van der Waals surface area (Å²) < 4.78 is 28.0. The van der Waals surface area contributed by atoms with E-state index in [1.165, 1.54) is 22.4 Å². The summed E-state index contributed by atoms with van der Waals surface area (Å²) in [4.78, 5) is 15.0. The second-order valence-electron chi connectivity index (χ2n) is 8.09. The summed E-state index contributed by atoms with van der Waals surface area (Å²) in [5, 5.41) is 0. The van der Waals surface area contributed by atoms with Crippen LogP contribution >= 0.6 is 0 Å². The van der Waals surface area contributed by atoms with E-state index in [4.69, 9.17) is 0 Å². The van der Waals surface area contributed by atoms with Gasteiger partial charge >= 0.3 is 0 Å². The molecule has 0 radical (unpaired) electrons. The smallest absolute Gasteiger partial charge is 0.253 e. The fourth-order valence-electron chi connectivity index (χ4n) is 4.45. The number of hydrogen-bond acceptors (Lipinski definition) is 3. The molecule has 0 bridgehead atoms. The first kappa shape index (κ1) is 20.1. The van der Waals surface area contributed by atoms with Crippen molar-refractivity contribution in [2.75, 3.05) is 13.6 Å². The van der Waals surface area contributed by atoms with Gasteiger partial charge in [-0.3, -0.25) is 4.79 Å². The molecule has 1 aliphatic heterocycles. The Morgan fingerprint density at radius 2 is 1.72 bits per heavy atom. The van der Waals surface area contributed by atoms with Gasteiger partial charge in [0.1, 0.15) is 0 Å². The Morgan fingerprint density at radius 3 is 2.48 bits per heavy atom. The zero-order valence-electron chi connectivity index (χ0n) is 16.9. The Labute approximate surface area is 173 Å². The summed E-state index contributed by atoms with van der Waals surface area (Å²) >= 11 is 0. The van der Waals surface area contributed by atoms with Crippen LogP contribution in [0.5, 0.6) is 0 Å². The Bertz CT molecular complexity index is 997. The van der Waals surface area contributed by atoms with Gasteiger partial charge in [-0.2, -0.15) is 4.31 Å². The molecule has 5 nitrogen and oxygen atoms in total. The van der Waals surface area contributed by atoms with Crippen LogP contribution < -0.4 is 0 Å². The third-order valence-corrected chi connectivity index (χ3v) is 8.10. The van der Waals surface area contributed by atoms with Crippen molar-refractivity contribution in [1.29, 1.82) is 0 Å². The lowest BCUT2D eigenvalue weighted by Crippen LogP contribution is -2.38. The van der Waals surface area contributed by atoms with Gasteiger partial charge in [0.2, 0.25) is 10.0 Å².